The molecule has 0 aromatic heterocycles. The van der Waals surface area contributed by atoms with E-state index in [1.54, 1.807) is 12.7 Å². The van der Waals surface area contributed by atoms with E-state index in [9.17, 15) is 4.79 Å². The van der Waals surface area contributed by atoms with E-state index in [1.165, 1.54) is 23.1 Å². The first-order valence-corrected chi connectivity index (χ1v) is 12.2. The van der Waals surface area contributed by atoms with Crippen LogP contribution >= 0.6 is 0 Å². The normalized spacial score (nSPS) is 36.3. The summed E-state index contributed by atoms with van der Waals surface area (Å²) in [5.74, 6) is 1.82. The molecule has 0 aliphatic heterocycles. The number of carbonyl (C=O) groups excluding carboxylic acids is 1. The molecule has 5 rings (SSSR count). The lowest BCUT2D eigenvalue weighted by Crippen LogP contribution is -2.54. The van der Waals surface area contributed by atoms with Gasteiger partial charge in [-0.1, -0.05) is 49.4 Å². The van der Waals surface area contributed by atoms with Crippen LogP contribution in [0.5, 0.6) is 0 Å². The highest BCUT2D eigenvalue weighted by atomic mass is 16.5. The summed E-state index contributed by atoms with van der Waals surface area (Å²) >= 11 is 0. The number of ketones is 1. The molecule has 3 nitrogen and oxygen atoms in total. The molecule has 0 bridgehead atoms. The number of benzene rings is 1. The van der Waals surface area contributed by atoms with Crippen molar-refractivity contribution in [2.24, 2.45) is 17.3 Å². The Morgan fingerprint density at radius 2 is 1.91 bits per heavy atom. The first-order valence-electron chi connectivity index (χ1n) is 12.2. The van der Waals surface area contributed by atoms with E-state index in [0.29, 0.717) is 36.6 Å². The van der Waals surface area contributed by atoms with Crippen molar-refractivity contribution in [3.63, 3.8) is 0 Å². The highest BCUT2D eigenvalue weighted by molar-refractivity contribution is 5.93. The van der Waals surface area contributed by atoms with E-state index in [0.717, 1.165) is 37.7 Å². The minimum atomic E-state index is -0.236. The van der Waals surface area contributed by atoms with E-state index >= 15 is 0 Å². The van der Waals surface area contributed by atoms with Gasteiger partial charge in [0.2, 0.25) is 0 Å². The molecule has 4 unspecified atom stereocenters. The zero-order chi connectivity index (χ0) is 22.5. The third-order valence-corrected chi connectivity index (χ3v) is 9.37. The van der Waals surface area contributed by atoms with Crippen molar-refractivity contribution < 1.29 is 14.3 Å². The molecule has 5 atom stereocenters. The summed E-state index contributed by atoms with van der Waals surface area (Å²) in [6.07, 6.45) is 10.9. The van der Waals surface area contributed by atoms with Gasteiger partial charge in [0.25, 0.3) is 0 Å². The number of hydrogen-bond donors (Lipinski definition) is 0. The van der Waals surface area contributed by atoms with Crippen molar-refractivity contribution >= 4 is 11.9 Å². The summed E-state index contributed by atoms with van der Waals surface area (Å²) in [5, 5.41) is 0. The minimum absolute atomic E-state index is 0.0555. The number of rotatable bonds is 5. The third kappa shape index (κ3) is 3.12. The number of carbonyl (C=O) groups is 1. The molecule has 4 aliphatic rings. The van der Waals surface area contributed by atoms with Crippen molar-refractivity contribution in [3.05, 3.63) is 64.8 Å². The van der Waals surface area contributed by atoms with Gasteiger partial charge in [-0.25, -0.2) is 0 Å². The second-order valence-corrected chi connectivity index (χ2v) is 10.5. The van der Waals surface area contributed by atoms with Crippen LogP contribution in [0.4, 0.5) is 0 Å². The average molecular weight is 433 g/mol. The predicted octanol–water partition coefficient (Wildman–Crippen LogP) is 6.26. The molecule has 1 aromatic rings. The van der Waals surface area contributed by atoms with Gasteiger partial charge in [0.05, 0.1) is 12.2 Å². The van der Waals surface area contributed by atoms with Crippen LogP contribution in [0.1, 0.15) is 68.9 Å². The van der Waals surface area contributed by atoms with Gasteiger partial charge >= 0.3 is 0 Å². The van der Waals surface area contributed by atoms with Crippen LogP contribution in [0.3, 0.4) is 0 Å². The SMILES string of the molecule is C=Cc1ccc(C2CC3(C)C(CC[C@]3(COC)OC)C3CCC4=CC(=O)CCC4=C23)cc1. The smallest absolute Gasteiger partial charge is 0.156 e. The zero-order valence-corrected chi connectivity index (χ0v) is 19.8. The summed E-state index contributed by atoms with van der Waals surface area (Å²) in [6.45, 7) is 7.04. The Bertz CT molecular complexity index is 984. The quantitative estimate of drug-likeness (QED) is 0.551. The van der Waals surface area contributed by atoms with Crippen LogP contribution in [0.25, 0.3) is 6.08 Å². The summed E-state index contributed by atoms with van der Waals surface area (Å²) in [4.78, 5) is 12.2. The monoisotopic (exact) mass is 432 g/mol. The van der Waals surface area contributed by atoms with Gasteiger partial charge in [-0.15, -0.1) is 0 Å². The Morgan fingerprint density at radius 3 is 2.59 bits per heavy atom. The zero-order valence-electron chi connectivity index (χ0n) is 19.8. The van der Waals surface area contributed by atoms with Crippen LogP contribution in [0.15, 0.2) is 53.6 Å². The van der Waals surface area contributed by atoms with Crippen LogP contribution in [-0.2, 0) is 14.3 Å². The first-order chi connectivity index (χ1) is 15.5. The van der Waals surface area contributed by atoms with Crippen LogP contribution < -0.4 is 0 Å². The third-order valence-electron chi connectivity index (χ3n) is 9.37. The Morgan fingerprint density at radius 1 is 1.12 bits per heavy atom. The fourth-order valence-corrected chi connectivity index (χ4v) is 7.77. The molecular formula is C29H36O3. The topological polar surface area (TPSA) is 35.5 Å². The van der Waals surface area contributed by atoms with Gasteiger partial charge in [-0.3, -0.25) is 4.79 Å². The van der Waals surface area contributed by atoms with Gasteiger partial charge in [-0.05, 0) is 78.7 Å². The molecular weight excluding hydrogens is 396 g/mol. The number of allylic oxidation sites excluding steroid dienone is 4. The lowest BCUT2D eigenvalue weighted by atomic mass is 9.51. The molecule has 0 saturated heterocycles. The number of methoxy groups -OCH3 is 2. The lowest BCUT2D eigenvalue weighted by molar-refractivity contribution is -0.149. The van der Waals surface area contributed by atoms with Gasteiger partial charge in [0.1, 0.15) is 0 Å². The van der Waals surface area contributed by atoms with Gasteiger partial charge in [0.15, 0.2) is 5.78 Å². The predicted molar refractivity (Wildman–Crippen MR) is 128 cm³/mol. The Labute approximate surface area is 192 Å². The maximum Gasteiger partial charge on any atom is 0.156 e. The number of ether oxygens (including phenoxy) is 2. The van der Waals surface area contributed by atoms with Crippen molar-refractivity contribution in [1.82, 2.24) is 0 Å². The molecule has 0 spiro atoms. The van der Waals surface area contributed by atoms with E-state index in [-0.39, 0.29) is 11.0 Å². The van der Waals surface area contributed by atoms with Gasteiger partial charge in [-0.2, -0.15) is 0 Å². The second-order valence-electron chi connectivity index (χ2n) is 10.5. The van der Waals surface area contributed by atoms with E-state index < -0.39 is 0 Å². The van der Waals surface area contributed by atoms with Crippen molar-refractivity contribution in [2.75, 3.05) is 20.8 Å². The second kappa shape index (κ2) is 8.11. The molecule has 32 heavy (non-hydrogen) atoms. The standard InChI is InChI=1S/C29H36O3/c1-5-19-6-8-20(9-7-19)25-17-28(2)26(14-15-29(28,32-4)18-31-3)24-12-10-21-16-22(30)11-13-23(21)27(24)25/h5-9,16,24-26H,1,10-15,17-18H2,2-4H3/t24?,25?,26?,28?,29-/m1/s1. The van der Waals surface area contributed by atoms with Crippen molar-refractivity contribution in [3.8, 4) is 0 Å². The van der Waals surface area contributed by atoms with Gasteiger partial charge < -0.3 is 9.47 Å². The average Bonchev–Trinajstić information content (AvgIpc) is 3.10. The van der Waals surface area contributed by atoms with E-state index in [1.807, 2.05) is 19.3 Å². The summed E-state index contributed by atoms with van der Waals surface area (Å²) in [7, 11) is 3.68. The Hall–Kier alpha value is -1.97. The lowest BCUT2D eigenvalue weighted by Gasteiger charge is -2.55. The maximum atomic E-state index is 12.2. The molecule has 170 valence electrons. The van der Waals surface area contributed by atoms with Crippen molar-refractivity contribution in [2.45, 2.75) is 63.4 Å². The fourth-order valence-electron chi connectivity index (χ4n) is 7.77. The highest BCUT2D eigenvalue weighted by Gasteiger charge is 2.63. The Kier molecular flexibility index (Phi) is 5.54. The first kappa shape index (κ1) is 21.9. The maximum absolute atomic E-state index is 12.2. The molecule has 4 aliphatic carbocycles. The molecule has 3 heteroatoms. The molecule has 0 N–H and O–H groups in total. The van der Waals surface area contributed by atoms with Gasteiger partial charge in [0, 0.05) is 32.0 Å². The molecule has 2 saturated carbocycles. The molecule has 1 aromatic carbocycles. The largest absolute Gasteiger partial charge is 0.382 e. The highest BCUT2D eigenvalue weighted by Crippen LogP contribution is 2.67. The summed E-state index contributed by atoms with van der Waals surface area (Å²) in [6, 6.07) is 8.96. The van der Waals surface area contributed by atoms with Crippen LogP contribution in [0.2, 0.25) is 0 Å². The molecule has 0 amide bonds. The Balaban J connectivity index is 1.67. The summed E-state index contributed by atoms with van der Waals surface area (Å²) < 4.78 is 12.1. The molecule has 0 radical (unpaired) electrons. The van der Waals surface area contributed by atoms with E-state index in [4.69, 9.17) is 9.47 Å². The fraction of sp³-hybridized carbons (Fsp3) is 0.552. The van der Waals surface area contributed by atoms with Crippen molar-refractivity contribution in [1.29, 1.82) is 0 Å². The van der Waals surface area contributed by atoms with Crippen LogP contribution in [-0.4, -0.2) is 32.2 Å². The van der Waals surface area contributed by atoms with Crippen LogP contribution in [0, 0.1) is 17.3 Å². The number of hydrogen-bond acceptors (Lipinski definition) is 3. The van der Waals surface area contributed by atoms with E-state index in [2.05, 4.69) is 37.8 Å². The minimum Gasteiger partial charge on any atom is -0.382 e. The molecule has 2 fully saturated rings. The molecule has 0 heterocycles. The number of fused-ring (bicyclic) bond motifs is 4. The summed E-state index contributed by atoms with van der Waals surface area (Å²) in [5.41, 5.74) is 6.81.